The van der Waals surface area contributed by atoms with Crippen LogP contribution in [-0.4, -0.2) is 50.8 Å². The number of urea groups is 1. The Morgan fingerprint density at radius 2 is 1.79 bits per heavy atom. The average Bonchev–Trinajstić information content (AvgIpc) is 2.84. The second-order valence-corrected chi connectivity index (χ2v) is 7.19. The van der Waals surface area contributed by atoms with Gasteiger partial charge in [0, 0.05) is 18.8 Å². The highest BCUT2D eigenvalue weighted by atomic mass is 16.5. The third kappa shape index (κ3) is 5.06. The zero-order valence-electron chi connectivity index (χ0n) is 17.2. The lowest BCUT2D eigenvalue weighted by molar-refractivity contribution is 0.168. The van der Waals surface area contributed by atoms with Crippen molar-refractivity contribution in [1.29, 1.82) is 0 Å². The highest BCUT2D eigenvalue weighted by Crippen LogP contribution is 2.37. The molecule has 7 nitrogen and oxygen atoms in total. The van der Waals surface area contributed by atoms with Gasteiger partial charge in [0.25, 0.3) is 0 Å². The van der Waals surface area contributed by atoms with Gasteiger partial charge in [0.1, 0.15) is 0 Å². The number of fused-ring (bicyclic) bond motifs is 2. The van der Waals surface area contributed by atoms with Gasteiger partial charge in [-0.2, -0.15) is 0 Å². The molecule has 1 aliphatic heterocycles. The van der Waals surface area contributed by atoms with E-state index < -0.39 is 6.09 Å². The van der Waals surface area contributed by atoms with E-state index in [1.807, 2.05) is 55.4 Å². The van der Waals surface area contributed by atoms with Gasteiger partial charge in [0.2, 0.25) is 0 Å². The van der Waals surface area contributed by atoms with Crippen molar-refractivity contribution in [1.82, 2.24) is 10.2 Å². The van der Waals surface area contributed by atoms with E-state index in [1.165, 1.54) is 0 Å². The van der Waals surface area contributed by atoms with Crippen LogP contribution in [0.25, 0.3) is 0 Å². The smallest absolute Gasteiger partial charge is 0.411 e. The van der Waals surface area contributed by atoms with E-state index in [0.29, 0.717) is 18.8 Å². The number of hydrogen-bond donors (Lipinski definition) is 2. The third-order valence-electron chi connectivity index (χ3n) is 4.78. The van der Waals surface area contributed by atoms with Gasteiger partial charge in [0.15, 0.2) is 0 Å². The maximum absolute atomic E-state index is 13.2. The molecule has 1 heterocycles. The summed E-state index contributed by atoms with van der Waals surface area (Å²) in [5.74, 6) is 0. The minimum Gasteiger partial charge on any atom is -0.450 e. The molecule has 0 unspecified atom stereocenters. The first-order chi connectivity index (χ1) is 14.0. The minimum absolute atomic E-state index is 0.185. The van der Waals surface area contributed by atoms with Gasteiger partial charge in [-0.3, -0.25) is 10.2 Å². The van der Waals surface area contributed by atoms with Crippen LogP contribution in [0.4, 0.5) is 26.7 Å². The first-order valence-corrected chi connectivity index (χ1v) is 9.87. The van der Waals surface area contributed by atoms with Gasteiger partial charge in [0.05, 0.1) is 18.0 Å². The lowest BCUT2D eigenvalue weighted by Gasteiger charge is -2.26. The molecule has 3 rings (SSSR count). The number of ether oxygens (including phenoxy) is 1. The lowest BCUT2D eigenvalue weighted by atomic mass is 10.0. The second kappa shape index (κ2) is 9.43. The molecule has 0 fully saturated rings. The molecule has 0 aromatic heterocycles. The zero-order chi connectivity index (χ0) is 20.8. The Bertz CT molecular complexity index is 882. The number of anilines is 3. The van der Waals surface area contributed by atoms with Crippen molar-refractivity contribution in [2.75, 3.05) is 44.0 Å². The fraction of sp³-hybridized carbons (Fsp3) is 0.364. The number of aryl methyl sites for hydroxylation is 2. The van der Waals surface area contributed by atoms with Crippen LogP contribution in [0.5, 0.6) is 0 Å². The monoisotopic (exact) mass is 396 g/mol. The van der Waals surface area contributed by atoms with Crippen molar-refractivity contribution >= 4 is 29.2 Å². The molecule has 2 aromatic carbocycles. The number of hydrogen-bond acceptors (Lipinski definition) is 4. The van der Waals surface area contributed by atoms with Crippen LogP contribution in [0.2, 0.25) is 0 Å². The average molecular weight is 396 g/mol. The van der Waals surface area contributed by atoms with Gasteiger partial charge in [-0.25, -0.2) is 9.59 Å². The largest absolute Gasteiger partial charge is 0.450 e. The molecule has 2 aromatic rings. The molecule has 0 atom stereocenters. The van der Waals surface area contributed by atoms with Crippen LogP contribution in [0, 0.1) is 0 Å². The first kappa shape index (κ1) is 20.7. The van der Waals surface area contributed by atoms with Crippen LogP contribution < -0.4 is 15.5 Å². The quantitative estimate of drug-likeness (QED) is 0.807. The first-order valence-electron chi connectivity index (χ1n) is 9.87. The molecule has 1 aliphatic rings. The van der Waals surface area contributed by atoms with E-state index in [1.54, 1.807) is 11.8 Å². The molecular formula is C22H28N4O3. The number of carbonyl (C=O) groups excluding carboxylic acids is 2. The Balaban J connectivity index is 1.96. The highest BCUT2D eigenvalue weighted by molar-refractivity contribution is 6.02. The van der Waals surface area contributed by atoms with Crippen molar-refractivity contribution in [2.45, 2.75) is 19.8 Å². The summed E-state index contributed by atoms with van der Waals surface area (Å²) in [6, 6.07) is 13.4. The van der Waals surface area contributed by atoms with Crippen LogP contribution in [-0.2, 0) is 17.6 Å². The summed E-state index contributed by atoms with van der Waals surface area (Å²) >= 11 is 0. The number of para-hydroxylation sites is 1. The van der Waals surface area contributed by atoms with Crippen molar-refractivity contribution in [2.24, 2.45) is 0 Å². The van der Waals surface area contributed by atoms with Gasteiger partial charge in [-0.15, -0.1) is 0 Å². The molecule has 0 radical (unpaired) electrons. The summed E-state index contributed by atoms with van der Waals surface area (Å²) in [5, 5.41) is 5.74. The van der Waals surface area contributed by atoms with Crippen molar-refractivity contribution in [3.63, 3.8) is 0 Å². The van der Waals surface area contributed by atoms with Gasteiger partial charge in [-0.05, 0) is 63.2 Å². The molecule has 154 valence electrons. The molecule has 0 spiro atoms. The third-order valence-corrected chi connectivity index (χ3v) is 4.78. The molecular weight excluding hydrogens is 368 g/mol. The molecule has 7 heteroatoms. The topological polar surface area (TPSA) is 73.9 Å². The molecule has 0 saturated heterocycles. The number of amides is 3. The summed E-state index contributed by atoms with van der Waals surface area (Å²) in [4.78, 5) is 28.7. The van der Waals surface area contributed by atoms with E-state index in [0.717, 1.165) is 41.9 Å². The van der Waals surface area contributed by atoms with Crippen molar-refractivity contribution in [3.05, 3.63) is 53.6 Å². The van der Waals surface area contributed by atoms with Crippen LogP contribution in [0.1, 0.15) is 18.1 Å². The summed E-state index contributed by atoms with van der Waals surface area (Å²) < 4.78 is 4.97. The SMILES string of the molecule is CCOC(=O)Nc1ccc2c(c1)N(C(=O)NCCN(C)C)c1ccccc1CC2. The predicted octanol–water partition coefficient (Wildman–Crippen LogP) is 3.76. The Labute approximate surface area is 171 Å². The minimum atomic E-state index is -0.511. The number of nitrogens with one attached hydrogen (secondary N) is 2. The number of rotatable bonds is 5. The fourth-order valence-corrected chi connectivity index (χ4v) is 3.37. The summed E-state index contributed by atoms with van der Waals surface area (Å²) in [7, 11) is 3.94. The molecule has 0 saturated carbocycles. The fourth-order valence-electron chi connectivity index (χ4n) is 3.37. The van der Waals surface area contributed by atoms with E-state index in [4.69, 9.17) is 4.74 Å². The molecule has 2 N–H and O–H groups in total. The number of benzene rings is 2. The van der Waals surface area contributed by atoms with Crippen molar-refractivity contribution < 1.29 is 14.3 Å². The molecule has 0 bridgehead atoms. The van der Waals surface area contributed by atoms with Gasteiger partial charge < -0.3 is 15.0 Å². The van der Waals surface area contributed by atoms with Crippen LogP contribution in [0.15, 0.2) is 42.5 Å². The normalized spacial score (nSPS) is 12.6. The Morgan fingerprint density at radius 1 is 1.07 bits per heavy atom. The highest BCUT2D eigenvalue weighted by Gasteiger charge is 2.26. The molecule has 29 heavy (non-hydrogen) atoms. The molecule has 0 aliphatic carbocycles. The number of likely N-dealkylation sites (N-methyl/N-ethyl adjacent to an activating group) is 1. The van der Waals surface area contributed by atoms with Gasteiger partial charge in [-0.1, -0.05) is 24.3 Å². The number of nitrogens with zero attached hydrogens (tertiary/aromatic N) is 2. The summed E-state index contributed by atoms with van der Waals surface area (Å²) in [6.45, 7) is 3.34. The van der Waals surface area contributed by atoms with Crippen LogP contribution >= 0.6 is 0 Å². The van der Waals surface area contributed by atoms with E-state index in [9.17, 15) is 9.59 Å². The van der Waals surface area contributed by atoms with Gasteiger partial charge >= 0.3 is 12.1 Å². The Kier molecular flexibility index (Phi) is 6.72. The lowest BCUT2D eigenvalue weighted by Crippen LogP contribution is -2.40. The Hall–Kier alpha value is -3.06. The van der Waals surface area contributed by atoms with Crippen LogP contribution in [0.3, 0.4) is 0 Å². The van der Waals surface area contributed by atoms with E-state index in [-0.39, 0.29) is 6.03 Å². The maximum Gasteiger partial charge on any atom is 0.411 e. The zero-order valence-corrected chi connectivity index (χ0v) is 17.2. The van der Waals surface area contributed by atoms with E-state index in [2.05, 4.69) is 16.7 Å². The standard InChI is InChI=1S/C22H28N4O3/c1-4-29-22(28)24-18-12-11-17-10-9-16-7-5-6-8-19(16)26(20(17)15-18)21(27)23-13-14-25(2)3/h5-8,11-12,15H,4,9-10,13-14H2,1-3H3,(H,23,27)(H,24,28). The summed E-state index contributed by atoms with van der Waals surface area (Å²) in [6.07, 6.45) is 1.14. The Morgan fingerprint density at radius 3 is 2.52 bits per heavy atom. The van der Waals surface area contributed by atoms with E-state index >= 15 is 0 Å². The van der Waals surface area contributed by atoms with Crippen molar-refractivity contribution in [3.8, 4) is 0 Å². The predicted molar refractivity (Wildman–Crippen MR) is 115 cm³/mol. The second-order valence-electron chi connectivity index (χ2n) is 7.19. The molecule has 3 amide bonds. The summed E-state index contributed by atoms with van der Waals surface area (Å²) in [5.41, 5.74) is 4.39. The number of carbonyl (C=O) groups is 2. The maximum atomic E-state index is 13.2.